The number of hydrogen-bond acceptors (Lipinski definition) is 7. The minimum absolute atomic E-state index is 0.147. The number of alkyl carbamates (subject to hydrolysis) is 1. The third-order valence-corrected chi connectivity index (χ3v) is 3.85. The number of aliphatic hydroxyl groups excluding tert-OH is 2. The molecule has 0 radical (unpaired) electrons. The molecule has 0 bridgehead atoms. The SMILES string of the molecule is CC(C)(C)OC(=O)NCC(O)C(O)c1cccc2sc(N)nc12. The van der Waals surface area contributed by atoms with E-state index >= 15 is 0 Å². The van der Waals surface area contributed by atoms with Gasteiger partial charge in [0.05, 0.1) is 10.2 Å². The molecule has 0 aliphatic carbocycles. The van der Waals surface area contributed by atoms with E-state index in [1.807, 2.05) is 6.07 Å². The van der Waals surface area contributed by atoms with Crippen LogP contribution in [-0.2, 0) is 4.74 Å². The van der Waals surface area contributed by atoms with Crippen molar-refractivity contribution in [2.75, 3.05) is 12.3 Å². The van der Waals surface area contributed by atoms with Crippen LogP contribution in [0.1, 0.15) is 32.4 Å². The Balaban J connectivity index is 2.04. The highest BCUT2D eigenvalue weighted by atomic mass is 32.1. The van der Waals surface area contributed by atoms with E-state index in [9.17, 15) is 15.0 Å². The number of para-hydroxylation sites is 1. The Morgan fingerprint density at radius 1 is 1.43 bits per heavy atom. The Morgan fingerprint density at radius 3 is 2.78 bits per heavy atom. The maximum absolute atomic E-state index is 11.6. The molecule has 0 fully saturated rings. The Kier molecular flexibility index (Phi) is 5.08. The molecule has 1 aromatic carbocycles. The minimum atomic E-state index is -1.20. The summed E-state index contributed by atoms with van der Waals surface area (Å²) in [7, 11) is 0. The number of carbonyl (C=O) groups is 1. The van der Waals surface area contributed by atoms with Gasteiger partial charge in [-0.05, 0) is 26.8 Å². The van der Waals surface area contributed by atoms with Crippen LogP contribution in [0.15, 0.2) is 18.2 Å². The molecule has 0 saturated carbocycles. The summed E-state index contributed by atoms with van der Waals surface area (Å²) < 4.78 is 5.90. The number of aliphatic hydroxyl groups is 2. The fourth-order valence-corrected chi connectivity index (χ4v) is 2.82. The summed E-state index contributed by atoms with van der Waals surface area (Å²) in [6.45, 7) is 5.08. The summed E-state index contributed by atoms with van der Waals surface area (Å²) in [5, 5.41) is 23.3. The minimum Gasteiger partial charge on any atom is -0.444 e. The van der Waals surface area contributed by atoms with Crippen molar-refractivity contribution in [1.29, 1.82) is 0 Å². The van der Waals surface area contributed by atoms with Gasteiger partial charge in [-0.15, -0.1) is 0 Å². The number of nitrogens with zero attached hydrogens (tertiary/aromatic N) is 1. The number of benzene rings is 1. The highest BCUT2D eigenvalue weighted by Crippen LogP contribution is 2.30. The van der Waals surface area contributed by atoms with Gasteiger partial charge < -0.3 is 26.0 Å². The molecular formula is C15H21N3O4S. The van der Waals surface area contributed by atoms with E-state index in [-0.39, 0.29) is 6.54 Å². The molecule has 2 aromatic rings. The zero-order valence-corrected chi connectivity index (χ0v) is 14.1. The van der Waals surface area contributed by atoms with Crippen molar-refractivity contribution in [2.24, 2.45) is 0 Å². The molecule has 0 aliphatic rings. The van der Waals surface area contributed by atoms with Crippen LogP contribution in [0.3, 0.4) is 0 Å². The number of ether oxygens (including phenoxy) is 1. The van der Waals surface area contributed by atoms with Gasteiger partial charge in [-0.2, -0.15) is 0 Å². The molecule has 8 heteroatoms. The smallest absolute Gasteiger partial charge is 0.407 e. The zero-order chi connectivity index (χ0) is 17.2. The van der Waals surface area contributed by atoms with Gasteiger partial charge in [-0.3, -0.25) is 0 Å². The van der Waals surface area contributed by atoms with E-state index in [0.29, 0.717) is 16.2 Å². The van der Waals surface area contributed by atoms with Crippen molar-refractivity contribution < 1.29 is 19.7 Å². The van der Waals surface area contributed by atoms with Crippen LogP contribution in [0, 0.1) is 0 Å². The topological polar surface area (TPSA) is 118 Å². The summed E-state index contributed by atoms with van der Waals surface area (Å²) in [6, 6.07) is 5.26. The molecule has 2 unspecified atom stereocenters. The fraction of sp³-hybridized carbons (Fsp3) is 0.467. The van der Waals surface area contributed by atoms with Crippen LogP contribution in [0.4, 0.5) is 9.93 Å². The van der Waals surface area contributed by atoms with Crippen LogP contribution in [0.2, 0.25) is 0 Å². The first-order valence-corrected chi connectivity index (χ1v) is 7.97. The van der Waals surface area contributed by atoms with Gasteiger partial charge in [0.2, 0.25) is 0 Å². The maximum atomic E-state index is 11.6. The van der Waals surface area contributed by atoms with E-state index in [2.05, 4.69) is 10.3 Å². The normalized spacial score (nSPS) is 14.5. The number of carbonyl (C=O) groups excluding carboxylic acids is 1. The highest BCUT2D eigenvalue weighted by molar-refractivity contribution is 7.22. The molecule has 126 valence electrons. The van der Waals surface area contributed by atoms with Crippen molar-refractivity contribution in [3.8, 4) is 0 Å². The Hall–Kier alpha value is -1.90. The van der Waals surface area contributed by atoms with Crippen molar-refractivity contribution in [2.45, 2.75) is 38.6 Å². The average molecular weight is 339 g/mol. The number of thiazole rings is 1. The van der Waals surface area contributed by atoms with Crippen LogP contribution in [-0.4, -0.2) is 39.5 Å². The lowest BCUT2D eigenvalue weighted by Gasteiger charge is -2.22. The summed E-state index contributed by atoms with van der Waals surface area (Å²) in [5.41, 5.74) is 6.08. The number of nitrogen functional groups attached to an aromatic ring is 1. The molecule has 0 aliphatic heterocycles. The number of nitrogens with one attached hydrogen (secondary N) is 1. The second kappa shape index (κ2) is 6.69. The summed E-state index contributed by atoms with van der Waals surface area (Å²) in [5.74, 6) is 0. The lowest BCUT2D eigenvalue weighted by Crippen LogP contribution is -2.38. The number of amides is 1. The van der Waals surface area contributed by atoms with Gasteiger partial charge in [0, 0.05) is 12.1 Å². The van der Waals surface area contributed by atoms with E-state index in [1.54, 1.807) is 32.9 Å². The van der Waals surface area contributed by atoms with Gasteiger partial charge in [0.15, 0.2) is 5.13 Å². The Morgan fingerprint density at radius 2 is 2.13 bits per heavy atom. The van der Waals surface area contributed by atoms with E-state index in [0.717, 1.165) is 4.70 Å². The standard InChI is InChI=1S/C15H21N3O4S/c1-15(2,3)22-14(21)17-7-9(19)12(20)8-5-4-6-10-11(8)18-13(16)23-10/h4-6,9,12,19-20H,7H2,1-3H3,(H2,16,18)(H,17,21). The second-order valence-corrected chi connectivity index (χ2v) is 7.20. The largest absolute Gasteiger partial charge is 0.444 e. The van der Waals surface area contributed by atoms with Crippen LogP contribution >= 0.6 is 11.3 Å². The number of anilines is 1. The molecule has 2 atom stereocenters. The first-order chi connectivity index (χ1) is 10.7. The number of rotatable bonds is 4. The monoisotopic (exact) mass is 339 g/mol. The highest BCUT2D eigenvalue weighted by Gasteiger charge is 2.23. The van der Waals surface area contributed by atoms with Gasteiger partial charge in [0.1, 0.15) is 17.8 Å². The van der Waals surface area contributed by atoms with Crippen LogP contribution in [0.25, 0.3) is 10.2 Å². The van der Waals surface area contributed by atoms with Gasteiger partial charge in [0.25, 0.3) is 0 Å². The molecule has 1 aromatic heterocycles. The maximum Gasteiger partial charge on any atom is 0.407 e. The summed E-state index contributed by atoms with van der Waals surface area (Å²) in [4.78, 5) is 15.8. The lowest BCUT2D eigenvalue weighted by molar-refractivity contribution is 0.0135. The van der Waals surface area contributed by atoms with E-state index in [4.69, 9.17) is 10.5 Å². The molecule has 0 spiro atoms. The molecule has 2 rings (SSSR count). The molecule has 7 nitrogen and oxygen atoms in total. The average Bonchev–Trinajstić information content (AvgIpc) is 2.82. The molecular weight excluding hydrogens is 318 g/mol. The second-order valence-electron chi connectivity index (χ2n) is 6.14. The predicted octanol–water partition coefficient (Wildman–Crippen LogP) is 1.80. The van der Waals surface area contributed by atoms with Crippen molar-refractivity contribution in [1.82, 2.24) is 10.3 Å². The summed E-state index contributed by atoms with van der Waals surface area (Å²) in [6.07, 6.45) is -3.05. The Labute approximate surface area is 138 Å². The van der Waals surface area contributed by atoms with Crippen molar-refractivity contribution >= 4 is 32.8 Å². The number of nitrogens with two attached hydrogens (primary N) is 1. The number of aromatic nitrogens is 1. The van der Waals surface area contributed by atoms with Crippen molar-refractivity contribution in [3.05, 3.63) is 23.8 Å². The molecule has 1 amide bonds. The molecule has 0 saturated heterocycles. The molecule has 1 heterocycles. The van der Waals surface area contributed by atoms with Crippen LogP contribution < -0.4 is 11.1 Å². The molecule has 5 N–H and O–H groups in total. The third-order valence-electron chi connectivity index (χ3n) is 3.00. The first kappa shape index (κ1) is 17.5. The first-order valence-electron chi connectivity index (χ1n) is 7.15. The van der Waals surface area contributed by atoms with E-state index in [1.165, 1.54) is 11.3 Å². The lowest BCUT2D eigenvalue weighted by atomic mass is 10.0. The van der Waals surface area contributed by atoms with Gasteiger partial charge >= 0.3 is 6.09 Å². The number of hydrogen-bond donors (Lipinski definition) is 4. The van der Waals surface area contributed by atoms with Crippen molar-refractivity contribution in [3.63, 3.8) is 0 Å². The Bertz CT molecular complexity index is 696. The predicted molar refractivity (Wildman–Crippen MR) is 89.2 cm³/mol. The fourth-order valence-electron chi connectivity index (χ4n) is 2.05. The van der Waals surface area contributed by atoms with Gasteiger partial charge in [-0.1, -0.05) is 23.5 Å². The molecule has 23 heavy (non-hydrogen) atoms. The zero-order valence-electron chi connectivity index (χ0n) is 13.2. The number of fused-ring (bicyclic) bond motifs is 1. The van der Waals surface area contributed by atoms with Gasteiger partial charge in [-0.25, -0.2) is 9.78 Å². The van der Waals surface area contributed by atoms with E-state index < -0.39 is 23.9 Å². The quantitative estimate of drug-likeness (QED) is 0.674. The third kappa shape index (κ3) is 4.54. The summed E-state index contributed by atoms with van der Waals surface area (Å²) >= 11 is 1.30. The van der Waals surface area contributed by atoms with Crippen LogP contribution in [0.5, 0.6) is 0 Å².